The van der Waals surface area contributed by atoms with E-state index in [0.717, 1.165) is 5.56 Å². The molecule has 1 fully saturated rings. The predicted molar refractivity (Wildman–Crippen MR) is 164 cm³/mol. The molecule has 3 aromatic carbocycles. The molecule has 0 bridgehead atoms. The van der Waals surface area contributed by atoms with Gasteiger partial charge in [0.1, 0.15) is 0 Å². The SMILES string of the molecule is COC(c1ccccc1)(c1ccccc1)C(Oc1nc(C)cc(COCc2ccccc2)n1)C(=O)OC1CC(O)CC(C(=O)O)O1. The summed E-state index contributed by atoms with van der Waals surface area (Å²) in [5, 5.41) is 19.8. The lowest BCUT2D eigenvalue weighted by molar-refractivity contribution is -0.231. The summed E-state index contributed by atoms with van der Waals surface area (Å²) in [4.78, 5) is 34.9. The Hall–Kier alpha value is -4.68. The summed E-state index contributed by atoms with van der Waals surface area (Å²) < 4.78 is 29.7. The number of methoxy groups -OCH3 is 1. The number of benzene rings is 3. The molecule has 2 heterocycles. The predicted octanol–water partition coefficient (Wildman–Crippen LogP) is 4.33. The number of carboxylic acids is 1. The summed E-state index contributed by atoms with van der Waals surface area (Å²) in [6.45, 7) is 2.29. The Morgan fingerprint density at radius 1 is 0.913 bits per heavy atom. The van der Waals surface area contributed by atoms with Gasteiger partial charge in [-0.3, -0.25) is 0 Å². The number of ether oxygens (including phenoxy) is 5. The van der Waals surface area contributed by atoms with Crippen molar-refractivity contribution < 1.29 is 43.5 Å². The summed E-state index contributed by atoms with van der Waals surface area (Å²) in [7, 11) is 1.45. The number of aromatic nitrogens is 2. The van der Waals surface area contributed by atoms with Gasteiger partial charge in [0.2, 0.25) is 12.4 Å². The van der Waals surface area contributed by atoms with Gasteiger partial charge in [0.25, 0.3) is 0 Å². The molecule has 11 nitrogen and oxygen atoms in total. The third-order valence-electron chi connectivity index (χ3n) is 7.57. The molecule has 0 aliphatic carbocycles. The van der Waals surface area contributed by atoms with Crippen LogP contribution in [0.2, 0.25) is 0 Å². The number of carbonyl (C=O) groups excluding carboxylic acids is 1. The molecule has 1 saturated heterocycles. The van der Waals surface area contributed by atoms with Crippen LogP contribution in [0, 0.1) is 6.92 Å². The maximum Gasteiger partial charge on any atom is 0.353 e. The van der Waals surface area contributed by atoms with Crippen LogP contribution in [0.5, 0.6) is 6.01 Å². The summed E-state index contributed by atoms with van der Waals surface area (Å²) in [5.74, 6) is -2.22. The van der Waals surface area contributed by atoms with Gasteiger partial charge in [0, 0.05) is 25.6 Å². The van der Waals surface area contributed by atoms with E-state index in [4.69, 9.17) is 23.7 Å². The number of nitrogens with zero attached hydrogens (tertiary/aromatic N) is 2. The summed E-state index contributed by atoms with van der Waals surface area (Å²) in [6, 6.07) is 29.4. The Kier molecular flexibility index (Phi) is 10.7. The average Bonchev–Trinajstić information content (AvgIpc) is 3.06. The zero-order valence-electron chi connectivity index (χ0n) is 25.5. The highest BCUT2D eigenvalue weighted by Crippen LogP contribution is 2.39. The molecule has 4 unspecified atom stereocenters. The molecule has 5 rings (SSSR count). The number of hydrogen-bond donors (Lipinski definition) is 2. The van der Waals surface area contributed by atoms with Crippen LogP contribution in [0.1, 0.15) is 40.9 Å². The molecule has 1 aliphatic heterocycles. The van der Waals surface area contributed by atoms with Gasteiger partial charge in [0.15, 0.2) is 11.7 Å². The highest BCUT2D eigenvalue weighted by Gasteiger charge is 2.51. The van der Waals surface area contributed by atoms with Crippen LogP contribution >= 0.6 is 0 Å². The van der Waals surface area contributed by atoms with E-state index in [0.29, 0.717) is 29.1 Å². The largest absolute Gasteiger partial charge is 0.479 e. The molecular formula is C35H36N2O9. The number of esters is 1. The van der Waals surface area contributed by atoms with Crippen molar-refractivity contribution in [3.63, 3.8) is 0 Å². The standard InChI is InChI=1S/C35H36N2O9/c1-23-18-27(22-43-21-24-12-6-3-7-13-24)37-34(36-23)46-31(33(41)45-30-20-28(38)19-29(44-30)32(39)40)35(42-2,25-14-8-4-9-15-25)26-16-10-5-11-17-26/h3-18,28-31,38H,19-22H2,1-2H3,(H,39,40). The first-order valence-corrected chi connectivity index (χ1v) is 14.8. The van der Waals surface area contributed by atoms with Crippen molar-refractivity contribution in [1.29, 1.82) is 0 Å². The molecule has 46 heavy (non-hydrogen) atoms. The number of aliphatic hydroxyl groups excluding tert-OH is 1. The zero-order chi connectivity index (χ0) is 32.5. The van der Waals surface area contributed by atoms with Gasteiger partial charge in [0.05, 0.1) is 25.0 Å². The monoisotopic (exact) mass is 628 g/mol. The van der Waals surface area contributed by atoms with Crippen molar-refractivity contribution in [1.82, 2.24) is 9.97 Å². The maximum atomic E-state index is 14.2. The molecule has 11 heteroatoms. The van der Waals surface area contributed by atoms with E-state index in [1.165, 1.54) is 7.11 Å². The third-order valence-corrected chi connectivity index (χ3v) is 7.57. The number of carbonyl (C=O) groups is 2. The molecule has 4 aromatic rings. The number of rotatable bonds is 13. The van der Waals surface area contributed by atoms with E-state index in [1.54, 1.807) is 61.5 Å². The van der Waals surface area contributed by atoms with Gasteiger partial charge in [-0.15, -0.1) is 0 Å². The van der Waals surface area contributed by atoms with E-state index in [-0.39, 0.29) is 25.5 Å². The Labute approximate surface area is 266 Å². The molecule has 0 radical (unpaired) electrons. The van der Waals surface area contributed by atoms with E-state index in [9.17, 15) is 19.8 Å². The van der Waals surface area contributed by atoms with Gasteiger partial charge in [-0.1, -0.05) is 91.0 Å². The van der Waals surface area contributed by atoms with Crippen LogP contribution in [-0.4, -0.2) is 63.8 Å². The molecule has 0 spiro atoms. The minimum Gasteiger partial charge on any atom is -0.479 e. The first-order chi connectivity index (χ1) is 22.3. The number of aliphatic carboxylic acids is 1. The van der Waals surface area contributed by atoms with Crippen LogP contribution < -0.4 is 4.74 Å². The minimum absolute atomic E-state index is 0.122. The molecule has 1 aliphatic rings. The van der Waals surface area contributed by atoms with E-state index >= 15 is 0 Å². The molecule has 240 valence electrons. The Bertz CT molecular complexity index is 1550. The Morgan fingerprint density at radius 3 is 2.11 bits per heavy atom. The van der Waals surface area contributed by atoms with Crippen molar-refractivity contribution >= 4 is 11.9 Å². The molecule has 4 atom stereocenters. The normalized spacial score (nSPS) is 18.8. The number of aliphatic hydroxyl groups is 1. The quantitative estimate of drug-likeness (QED) is 0.204. The lowest BCUT2D eigenvalue weighted by Gasteiger charge is -2.39. The highest BCUT2D eigenvalue weighted by molar-refractivity contribution is 5.79. The number of carboxylic acid groups (broad SMARTS) is 1. The first kappa shape index (κ1) is 32.7. The van der Waals surface area contributed by atoms with Crippen molar-refractivity contribution in [2.24, 2.45) is 0 Å². The van der Waals surface area contributed by atoms with Gasteiger partial charge < -0.3 is 33.9 Å². The molecule has 0 saturated carbocycles. The van der Waals surface area contributed by atoms with E-state index < -0.39 is 42.1 Å². The fourth-order valence-electron chi connectivity index (χ4n) is 5.45. The smallest absolute Gasteiger partial charge is 0.353 e. The zero-order valence-corrected chi connectivity index (χ0v) is 25.5. The molecule has 2 N–H and O–H groups in total. The summed E-state index contributed by atoms with van der Waals surface area (Å²) in [5.41, 5.74) is 1.65. The second-order valence-electron chi connectivity index (χ2n) is 10.9. The topological polar surface area (TPSA) is 147 Å². The second kappa shape index (κ2) is 15.1. The lowest BCUT2D eigenvalue weighted by Crippen LogP contribution is -2.53. The van der Waals surface area contributed by atoms with Crippen LogP contribution in [0.4, 0.5) is 0 Å². The Balaban J connectivity index is 1.51. The van der Waals surface area contributed by atoms with Crippen molar-refractivity contribution in [2.75, 3.05) is 7.11 Å². The van der Waals surface area contributed by atoms with Gasteiger partial charge in [-0.25, -0.2) is 14.6 Å². The van der Waals surface area contributed by atoms with E-state index in [2.05, 4.69) is 9.97 Å². The van der Waals surface area contributed by atoms with Gasteiger partial charge >= 0.3 is 17.9 Å². The average molecular weight is 629 g/mol. The summed E-state index contributed by atoms with van der Waals surface area (Å²) in [6.07, 6.45) is -5.58. The van der Waals surface area contributed by atoms with Gasteiger partial charge in [-0.05, 0) is 29.7 Å². The molecular weight excluding hydrogens is 592 g/mol. The first-order valence-electron chi connectivity index (χ1n) is 14.8. The van der Waals surface area contributed by atoms with Crippen molar-refractivity contribution in [3.8, 4) is 6.01 Å². The number of hydrogen-bond acceptors (Lipinski definition) is 10. The van der Waals surface area contributed by atoms with Crippen LogP contribution in [-0.2, 0) is 47.4 Å². The minimum atomic E-state index is -1.59. The fourth-order valence-corrected chi connectivity index (χ4v) is 5.45. The third kappa shape index (κ3) is 7.75. The van der Waals surface area contributed by atoms with Crippen LogP contribution in [0.25, 0.3) is 0 Å². The molecule has 1 aromatic heterocycles. The Morgan fingerprint density at radius 2 is 1.52 bits per heavy atom. The van der Waals surface area contributed by atoms with Gasteiger partial charge in [-0.2, -0.15) is 4.98 Å². The maximum absolute atomic E-state index is 14.2. The fraction of sp³-hybridized carbons (Fsp3) is 0.314. The lowest BCUT2D eigenvalue weighted by atomic mass is 9.81. The highest BCUT2D eigenvalue weighted by atomic mass is 16.7. The van der Waals surface area contributed by atoms with E-state index in [1.807, 2.05) is 42.5 Å². The second-order valence-corrected chi connectivity index (χ2v) is 10.9. The van der Waals surface area contributed by atoms with Crippen molar-refractivity contribution in [2.45, 2.75) is 63.2 Å². The van der Waals surface area contributed by atoms with Crippen LogP contribution in [0.3, 0.4) is 0 Å². The molecule has 0 amide bonds. The summed E-state index contributed by atoms with van der Waals surface area (Å²) >= 11 is 0. The van der Waals surface area contributed by atoms with Crippen molar-refractivity contribution in [3.05, 3.63) is 125 Å². The van der Waals surface area contributed by atoms with Crippen LogP contribution in [0.15, 0.2) is 97.1 Å². The number of aryl methyl sites for hydroxylation is 1.